The molecule has 7 heteroatoms. The largest absolute Gasteiger partial charge is 0.354 e. The van der Waals surface area contributed by atoms with Gasteiger partial charge in [0.05, 0.1) is 5.69 Å². The summed E-state index contributed by atoms with van der Waals surface area (Å²) in [7, 11) is 0. The highest BCUT2D eigenvalue weighted by Crippen LogP contribution is 2.26. The van der Waals surface area contributed by atoms with Gasteiger partial charge in [-0.05, 0) is 75.9 Å². The maximum Gasteiger partial charge on any atom is 0.354 e. The van der Waals surface area contributed by atoms with Gasteiger partial charge in [-0.1, -0.05) is 12.1 Å². The number of likely N-dealkylation sites (tertiary alicyclic amines) is 1. The maximum atomic E-state index is 12.1. The lowest BCUT2D eigenvalue weighted by Crippen LogP contribution is -2.39. The van der Waals surface area contributed by atoms with Crippen LogP contribution in [0.4, 0.5) is 5.82 Å². The van der Waals surface area contributed by atoms with Crippen LogP contribution >= 0.6 is 0 Å². The first-order chi connectivity index (χ1) is 13.3. The number of amides is 1. The zero-order valence-electron chi connectivity index (χ0n) is 16.6. The van der Waals surface area contributed by atoms with E-state index in [4.69, 9.17) is 5.73 Å². The molecular weight excluding hydrogens is 354 g/mol. The fraction of sp³-hybridized carbons (Fsp3) is 0.476. The van der Waals surface area contributed by atoms with Crippen LogP contribution in [-0.2, 0) is 11.3 Å². The number of piperidine rings is 1. The van der Waals surface area contributed by atoms with Gasteiger partial charge >= 0.3 is 5.69 Å². The van der Waals surface area contributed by atoms with Crippen LogP contribution in [0.25, 0.3) is 5.69 Å². The molecule has 1 aromatic carbocycles. The number of hydrogen-bond acceptors (Lipinski definition) is 5. The summed E-state index contributed by atoms with van der Waals surface area (Å²) in [6.07, 6.45) is 5.59. The van der Waals surface area contributed by atoms with Gasteiger partial charge in [0.1, 0.15) is 5.82 Å². The molecule has 1 aliphatic heterocycles. The van der Waals surface area contributed by atoms with Crippen LogP contribution in [-0.4, -0.2) is 39.5 Å². The Morgan fingerprint density at radius 2 is 1.89 bits per heavy atom. The van der Waals surface area contributed by atoms with Crippen molar-refractivity contribution in [2.45, 2.75) is 45.2 Å². The predicted octanol–water partition coefficient (Wildman–Crippen LogP) is 2.14. The Balaban J connectivity index is 1.58. The second kappa shape index (κ2) is 8.67. The highest BCUT2D eigenvalue weighted by atomic mass is 16.1. The third-order valence-electron chi connectivity index (χ3n) is 5.15. The molecule has 7 nitrogen and oxygen atoms in total. The molecule has 2 aromatic rings. The Bertz CT molecular complexity index is 846. The van der Waals surface area contributed by atoms with Gasteiger partial charge in [-0.3, -0.25) is 14.3 Å². The van der Waals surface area contributed by atoms with E-state index in [1.807, 2.05) is 12.1 Å². The average molecular weight is 383 g/mol. The van der Waals surface area contributed by atoms with Gasteiger partial charge in [-0.2, -0.15) is 4.98 Å². The molecule has 0 atom stereocenters. The van der Waals surface area contributed by atoms with E-state index in [9.17, 15) is 9.59 Å². The Hall–Kier alpha value is -2.51. The molecule has 2 heterocycles. The maximum absolute atomic E-state index is 12.1. The zero-order chi connectivity index (χ0) is 20.1. The Morgan fingerprint density at radius 1 is 1.21 bits per heavy atom. The average Bonchev–Trinajstić information content (AvgIpc) is 2.64. The van der Waals surface area contributed by atoms with Crippen LogP contribution in [0.3, 0.4) is 0 Å². The number of aromatic nitrogens is 2. The molecule has 1 aliphatic rings. The summed E-state index contributed by atoms with van der Waals surface area (Å²) in [5, 5.41) is 2.38. The third-order valence-corrected chi connectivity index (χ3v) is 5.15. The fourth-order valence-electron chi connectivity index (χ4n) is 3.85. The molecule has 28 heavy (non-hydrogen) atoms. The highest BCUT2D eigenvalue weighted by Gasteiger charge is 2.24. The summed E-state index contributed by atoms with van der Waals surface area (Å²) < 4.78 is 1.46. The first kappa shape index (κ1) is 20.2. The van der Waals surface area contributed by atoms with Crippen molar-refractivity contribution in [1.29, 1.82) is 0 Å². The van der Waals surface area contributed by atoms with Crippen molar-refractivity contribution < 1.29 is 4.79 Å². The van der Waals surface area contributed by atoms with Crippen molar-refractivity contribution in [2.24, 2.45) is 11.7 Å². The van der Waals surface area contributed by atoms with Gasteiger partial charge in [0.2, 0.25) is 6.41 Å². The Labute approximate surface area is 165 Å². The standard InChI is InChI=1S/C21H29N5O2/c1-21(2,22)13-16-7-10-25(11-8-16)14-17-3-5-18(6-4-17)26-12-9-19(23-15-27)24-20(26)28/h3-6,9,12,15-16H,7-8,10-11,13-14,22H2,1-2H3,(H,23,24,27,28). The molecular formula is C21H29N5O2. The minimum absolute atomic E-state index is 0.0862. The lowest BCUT2D eigenvalue weighted by molar-refractivity contribution is -0.105. The predicted molar refractivity (Wildman–Crippen MR) is 110 cm³/mol. The number of hydrogen-bond donors (Lipinski definition) is 2. The normalized spacial score (nSPS) is 16.1. The summed E-state index contributed by atoms with van der Waals surface area (Å²) in [5.41, 5.74) is 7.62. The monoisotopic (exact) mass is 383 g/mol. The van der Waals surface area contributed by atoms with Crippen molar-refractivity contribution in [3.05, 3.63) is 52.6 Å². The van der Waals surface area contributed by atoms with Crippen LogP contribution in [0, 0.1) is 5.92 Å². The molecule has 1 saturated heterocycles. The van der Waals surface area contributed by atoms with Crippen LogP contribution < -0.4 is 16.7 Å². The minimum atomic E-state index is -0.426. The molecule has 1 fully saturated rings. The van der Waals surface area contributed by atoms with E-state index in [0.717, 1.165) is 37.7 Å². The van der Waals surface area contributed by atoms with Crippen LogP contribution in [0.5, 0.6) is 0 Å². The molecule has 0 aliphatic carbocycles. The quantitative estimate of drug-likeness (QED) is 0.715. The first-order valence-electron chi connectivity index (χ1n) is 9.74. The van der Waals surface area contributed by atoms with Gasteiger partial charge in [0.25, 0.3) is 0 Å². The van der Waals surface area contributed by atoms with Gasteiger partial charge in [-0.15, -0.1) is 0 Å². The van der Waals surface area contributed by atoms with E-state index in [1.54, 1.807) is 12.3 Å². The molecule has 150 valence electrons. The molecule has 0 unspecified atom stereocenters. The molecule has 0 saturated carbocycles. The second-order valence-corrected chi connectivity index (χ2v) is 8.31. The number of anilines is 1. The number of nitrogens with two attached hydrogens (primary N) is 1. The number of nitrogens with one attached hydrogen (secondary N) is 1. The summed E-state index contributed by atoms with van der Waals surface area (Å²) in [5.74, 6) is 0.962. The van der Waals surface area contributed by atoms with Crippen molar-refractivity contribution in [3.63, 3.8) is 0 Å². The SMILES string of the molecule is CC(C)(N)CC1CCN(Cc2ccc(-n3ccc(NC=O)nc3=O)cc2)CC1. The van der Waals surface area contributed by atoms with E-state index in [0.29, 0.717) is 6.41 Å². The number of benzene rings is 1. The van der Waals surface area contributed by atoms with Crippen molar-refractivity contribution in [1.82, 2.24) is 14.5 Å². The smallest absolute Gasteiger partial charge is 0.326 e. The molecule has 1 aromatic heterocycles. The summed E-state index contributed by atoms with van der Waals surface area (Å²) in [6.45, 7) is 7.31. The van der Waals surface area contributed by atoms with Crippen LogP contribution in [0.1, 0.15) is 38.7 Å². The van der Waals surface area contributed by atoms with Crippen LogP contribution in [0.15, 0.2) is 41.3 Å². The van der Waals surface area contributed by atoms with E-state index in [1.165, 1.54) is 23.0 Å². The number of carbonyl (C=O) groups is 1. The first-order valence-corrected chi connectivity index (χ1v) is 9.74. The Morgan fingerprint density at radius 3 is 2.46 bits per heavy atom. The van der Waals surface area contributed by atoms with Crippen molar-refractivity contribution >= 4 is 12.2 Å². The third kappa shape index (κ3) is 5.50. The van der Waals surface area contributed by atoms with Gasteiger partial charge in [0, 0.05) is 18.3 Å². The Kier molecular flexibility index (Phi) is 6.26. The summed E-state index contributed by atoms with van der Waals surface area (Å²) in [6, 6.07) is 9.54. The van der Waals surface area contributed by atoms with E-state index >= 15 is 0 Å². The van der Waals surface area contributed by atoms with Gasteiger partial charge in [0.15, 0.2) is 0 Å². The number of nitrogens with zero attached hydrogens (tertiary/aromatic N) is 3. The topological polar surface area (TPSA) is 93.2 Å². The number of rotatable bonds is 7. The summed E-state index contributed by atoms with van der Waals surface area (Å²) >= 11 is 0. The fourth-order valence-corrected chi connectivity index (χ4v) is 3.85. The van der Waals surface area contributed by atoms with Gasteiger partial charge in [-0.25, -0.2) is 4.79 Å². The number of carbonyl (C=O) groups excluding carboxylic acids is 1. The highest BCUT2D eigenvalue weighted by molar-refractivity contribution is 5.68. The minimum Gasteiger partial charge on any atom is -0.326 e. The van der Waals surface area contributed by atoms with Gasteiger partial charge < -0.3 is 11.1 Å². The molecule has 3 rings (SSSR count). The zero-order valence-corrected chi connectivity index (χ0v) is 16.6. The molecule has 0 spiro atoms. The molecule has 1 amide bonds. The molecule has 0 bridgehead atoms. The van der Waals surface area contributed by atoms with E-state index < -0.39 is 5.69 Å². The van der Waals surface area contributed by atoms with E-state index in [-0.39, 0.29) is 11.4 Å². The molecule has 0 radical (unpaired) electrons. The van der Waals surface area contributed by atoms with E-state index in [2.05, 4.69) is 41.2 Å². The molecule has 3 N–H and O–H groups in total. The van der Waals surface area contributed by atoms with Crippen LogP contribution in [0.2, 0.25) is 0 Å². The van der Waals surface area contributed by atoms with Crippen molar-refractivity contribution in [3.8, 4) is 5.69 Å². The summed E-state index contributed by atoms with van der Waals surface area (Å²) in [4.78, 5) is 28.9. The second-order valence-electron chi connectivity index (χ2n) is 8.31. The lowest BCUT2D eigenvalue weighted by atomic mass is 9.85. The van der Waals surface area contributed by atoms with Crippen molar-refractivity contribution in [2.75, 3.05) is 18.4 Å². The lowest BCUT2D eigenvalue weighted by Gasteiger charge is -2.35.